The lowest BCUT2D eigenvalue weighted by Gasteiger charge is -2.06. The van der Waals surface area contributed by atoms with Crippen LogP contribution in [-0.2, 0) is 4.79 Å². The minimum absolute atomic E-state index is 0.171. The molecule has 0 unspecified atom stereocenters. The molecule has 0 radical (unpaired) electrons. The molecule has 4 nitrogen and oxygen atoms in total. The van der Waals surface area contributed by atoms with Crippen molar-refractivity contribution in [1.29, 1.82) is 0 Å². The van der Waals surface area contributed by atoms with E-state index in [0.29, 0.717) is 10.8 Å². The number of carbonyl (C=O) groups is 1. The number of aliphatic hydroxyl groups excluding tert-OH is 1. The first-order valence-corrected chi connectivity index (χ1v) is 6.78. The first-order chi connectivity index (χ1) is 9.70. The van der Waals surface area contributed by atoms with E-state index in [0.717, 1.165) is 9.40 Å². The number of rotatable bonds is 2. The monoisotopic (exact) mass is 286 g/mol. The SMILES string of the molecule is O=C(CO)Oc1cccc2sc3ccccc3c(=O)c12. The molecule has 2 aromatic carbocycles. The van der Waals surface area contributed by atoms with Crippen LogP contribution < -0.4 is 10.2 Å². The molecule has 3 aromatic rings. The predicted molar refractivity (Wildman–Crippen MR) is 78.3 cm³/mol. The lowest BCUT2D eigenvalue weighted by Crippen LogP contribution is -2.14. The fourth-order valence-corrected chi connectivity index (χ4v) is 3.15. The summed E-state index contributed by atoms with van der Waals surface area (Å²) in [5.74, 6) is -0.594. The normalized spacial score (nSPS) is 10.8. The molecule has 5 heteroatoms. The molecule has 0 aliphatic carbocycles. The van der Waals surface area contributed by atoms with Crippen LogP contribution in [-0.4, -0.2) is 17.7 Å². The number of aliphatic hydroxyl groups is 1. The number of hydrogen-bond donors (Lipinski definition) is 1. The number of benzene rings is 2. The van der Waals surface area contributed by atoms with Gasteiger partial charge in [-0.1, -0.05) is 18.2 Å². The molecule has 1 N–H and O–H groups in total. The van der Waals surface area contributed by atoms with Crippen molar-refractivity contribution in [3.63, 3.8) is 0 Å². The smallest absolute Gasteiger partial charge is 0.337 e. The molecule has 1 aromatic heterocycles. The summed E-state index contributed by atoms with van der Waals surface area (Å²) in [5, 5.41) is 9.73. The van der Waals surface area contributed by atoms with E-state index in [2.05, 4.69) is 0 Å². The van der Waals surface area contributed by atoms with Crippen molar-refractivity contribution in [3.05, 3.63) is 52.7 Å². The van der Waals surface area contributed by atoms with E-state index in [1.165, 1.54) is 11.3 Å². The van der Waals surface area contributed by atoms with Gasteiger partial charge in [0, 0.05) is 14.8 Å². The largest absolute Gasteiger partial charge is 0.424 e. The molecular formula is C15H10O4S. The molecule has 0 atom stereocenters. The summed E-state index contributed by atoms with van der Waals surface area (Å²) in [4.78, 5) is 23.8. The van der Waals surface area contributed by atoms with Crippen LogP contribution in [0.4, 0.5) is 0 Å². The van der Waals surface area contributed by atoms with Gasteiger partial charge in [0.05, 0.1) is 5.39 Å². The summed E-state index contributed by atoms with van der Waals surface area (Å²) in [6.07, 6.45) is 0. The molecule has 0 amide bonds. The Bertz CT molecular complexity index is 867. The van der Waals surface area contributed by atoms with E-state index in [4.69, 9.17) is 9.84 Å². The molecule has 1 heterocycles. The fourth-order valence-electron chi connectivity index (χ4n) is 2.06. The van der Waals surface area contributed by atoms with E-state index in [-0.39, 0.29) is 11.2 Å². The van der Waals surface area contributed by atoms with Crippen molar-refractivity contribution >= 4 is 37.5 Å². The van der Waals surface area contributed by atoms with Crippen LogP contribution in [0.15, 0.2) is 47.3 Å². The number of hydrogen-bond acceptors (Lipinski definition) is 5. The topological polar surface area (TPSA) is 63.6 Å². The first-order valence-electron chi connectivity index (χ1n) is 5.97. The molecule has 0 aliphatic heterocycles. The summed E-state index contributed by atoms with van der Waals surface area (Å²) >= 11 is 1.46. The van der Waals surface area contributed by atoms with Gasteiger partial charge in [0.1, 0.15) is 12.4 Å². The Morgan fingerprint density at radius 1 is 1.10 bits per heavy atom. The molecule has 20 heavy (non-hydrogen) atoms. The highest BCUT2D eigenvalue weighted by Gasteiger charge is 2.12. The number of esters is 1. The van der Waals surface area contributed by atoms with Crippen molar-refractivity contribution < 1.29 is 14.6 Å². The minimum Gasteiger partial charge on any atom is -0.424 e. The van der Waals surface area contributed by atoms with Gasteiger partial charge in [-0.2, -0.15) is 0 Å². The van der Waals surface area contributed by atoms with Gasteiger partial charge in [0.25, 0.3) is 0 Å². The quantitative estimate of drug-likeness (QED) is 0.446. The second-order valence-corrected chi connectivity index (χ2v) is 5.27. The summed E-state index contributed by atoms with van der Waals surface area (Å²) in [5.41, 5.74) is -0.171. The van der Waals surface area contributed by atoms with E-state index in [1.54, 1.807) is 24.3 Å². The third-order valence-electron chi connectivity index (χ3n) is 2.92. The molecular weight excluding hydrogens is 276 g/mol. The van der Waals surface area contributed by atoms with Crippen LogP contribution >= 0.6 is 11.3 Å². The maximum Gasteiger partial charge on any atom is 0.337 e. The van der Waals surface area contributed by atoms with Gasteiger partial charge < -0.3 is 9.84 Å². The fraction of sp³-hybridized carbons (Fsp3) is 0.0667. The summed E-state index contributed by atoms with van der Waals surface area (Å²) in [6, 6.07) is 12.4. The Hall–Kier alpha value is -2.24. The second-order valence-electron chi connectivity index (χ2n) is 4.19. The molecule has 3 rings (SSSR count). The lowest BCUT2D eigenvalue weighted by molar-refractivity contribution is -0.137. The number of fused-ring (bicyclic) bond motifs is 2. The van der Waals surface area contributed by atoms with Crippen LogP contribution in [0, 0.1) is 0 Å². The van der Waals surface area contributed by atoms with Crippen molar-refractivity contribution in [3.8, 4) is 5.75 Å². The number of ether oxygens (including phenoxy) is 1. The van der Waals surface area contributed by atoms with Crippen LogP contribution in [0.5, 0.6) is 5.75 Å². The van der Waals surface area contributed by atoms with Crippen LogP contribution in [0.2, 0.25) is 0 Å². The molecule has 0 bridgehead atoms. The van der Waals surface area contributed by atoms with Crippen LogP contribution in [0.25, 0.3) is 20.2 Å². The van der Waals surface area contributed by atoms with E-state index >= 15 is 0 Å². The zero-order valence-corrected chi connectivity index (χ0v) is 11.1. The van der Waals surface area contributed by atoms with Gasteiger partial charge in [-0.15, -0.1) is 11.3 Å². The summed E-state index contributed by atoms with van der Waals surface area (Å²) < 4.78 is 6.66. The highest BCUT2D eigenvalue weighted by molar-refractivity contribution is 7.24. The lowest BCUT2D eigenvalue weighted by atomic mass is 10.1. The standard InChI is InChI=1S/C15H10O4S/c16-8-13(17)19-10-5-3-7-12-14(10)15(18)9-4-1-2-6-11(9)20-12/h1-7,16H,8H2. The highest BCUT2D eigenvalue weighted by Crippen LogP contribution is 2.30. The van der Waals surface area contributed by atoms with E-state index in [9.17, 15) is 9.59 Å². The first kappa shape index (κ1) is 12.8. The second kappa shape index (κ2) is 5.03. The Labute approximate surface area is 117 Å². The van der Waals surface area contributed by atoms with Crippen molar-refractivity contribution in [1.82, 2.24) is 0 Å². The molecule has 0 fully saturated rings. The van der Waals surface area contributed by atoms with Crippen LogP contribution in [0.1, 0.15) is 0 Å². The third-order valence-corrected chi connectivity index (χ3v) is 4.06. The van der Waals surface area contributed by atoms with Gasteiger partial charge in [-0.25, -0.2) is 4.79 Å². The summed E-state index contributed by atoms with van der Waals surface area (Å²) in [6.45, 7) is -0.721. The Morgan fingerprint density at radius 2 is 1.85 bits per heavy atom. The van der Waals surface area contributed by atoms with Crippen LogP contribution in [0.3, 0.4) is 0 Å². The van der Waals surface area contributed by atoms with Crippen molar-refractivity contribution in [2.75, 3.05) is 6.61 Å². The van der Waals surface area contributed by atoms with Gasteiger partial charge in [0.15, 0.2) is 5.43 Å². The minimum atomic E-state index is -0.782. The van der Waals surface area contributed by atoms with Crippen molar-refractivity contribution in [2.45, 2.75) is 0 Å². The predicted octanol–water partition coefficient (Wildman–Crippen LogP) is 2.31. The molecule has 0 spiro atoms. The molecule has 0 saturated heterocycles. The average molecular weight is 286 g/mol. The number of carbonyl (C=O) groups excluding carboxylic acids is 1. The zero-order chi connectivity index (χ0) is 14.1. The Morgan fingerprint density at radius 3 is 2.65 bits per heavy atom. The van der Waals surface area contributed by atoms with Gasteiger partial charge in [-0.05, 0) is 24.3 Å². The van der Waals surface area contributed by atoms with E-state index in [1.807, 2.05) is 18.2 Å². The Kier molecular flexibility index (Phi) is 3.22. The maximum atomic E-state index is 12.5. The molecule has 0 aliphatic rings. The highest BCUT2D eigenvalue weighted by atomic mass is 32.1. The zero-order valence-electron chi connectivity index (χ0n) is 10.3. The summed E-state index contributed by atoms with van der Waals surface area (Å²) in [7, 11) is 0. The maximum absolute atomic E-state index is 12.5. The average Bonchev–Trinajstić information content (AvgIpc) is 2.47. The van der Waals surface area contributed by atoms with Gasteiger partial charge in [-0.3, -0.25) is 4.79 Å². The molecule has 0 saturated carbocycles. The van der Waals surface area contributed by atoms with Gasteiger partial charge in [0.2, 0.25) is 0 Å². The Balaban J connectivity index is 2.35. The van der Waals surface area contributed by atoms with Crippen molar-refractivity contribution in [2.24, 2.45) is 0 Å². The molecule has 100 valence electrons. The van der Waals surface area contributed by atoms with E-state index < -0.39 is 12.6 Å². The van der Waals surface area contributed by atoms with Gasteiger partial charge >= 0.3 is 5.97 Å². The third kappa shape index (κ3) is 2.07.